The number of aromatic carboxylic acids is 1. The first kappa shape index (κ1) is 15.8. The average molecular weight is 329 g/mol. The number of rotatable bonds is 4. The number of nitrogens with zero attached hydrogens (tertiary/aromatic N) is 3. The average Bonchev–Trinajstić information content (AvgIpc) is 2.95. The summed E-state index contributed by atoms with van der Waals surface area (Å²) in [6.07, 6.45) is 0. The molecule has 7 heteroatoms. The second kappa shape index (κ2) is 6.19. The van der Waals surface area contributed by atoms with Crippen LogP contribution in [0.4, 0.5) is 8.78 Å². The maximum atomic E-state index is 13.9. The molecule has 0 fully saturated rings. The highest BCUT2D eigenvalue weighted by atomic mass is 19.1. The lowest BCUT2D eigenvalue weighted by atomic mass is 10.1. The zero-order chi connectivity index (χ0) is 17.3. The Bertz CT molecular complexity index is 922. The number of carboxylic acid groups (broad SMARTS) is 1. The van der Waals surface area contributed by atoms with Crippen LogP contribution in [-0.2, 0) is 6.54 Å². The molecular formula is C17H13F2N3O2. The Hall–Kier alpha value is -3.09. The van der Waals surface area contributed by atoms with Crippen LogP contribution in [0.2, 0.25) is 0 Å². The molecule has 0 radical (unpaired) electrons. The molecule has 0 saturated carbocycles. The molecule has 24 heavy (non-hydrogen) atoms. The van der Waals surface area contributed by atoms with Gasteiger partial charge in [-0.25, -0.2) is 18.3 Å². The highest BCUT2D eigenvalue weighted by Crippen LogP contribution is 2.24. The topological polar surface area (TPSA) is 68.0 Å². The SMILES string of the molecule is Cc1cccc(-c2c(C(=O)O)nnn2Cc2cc(F)ccc2F)c1. The van der Waals surface area contributed by atoms with Crippen molar-refractivity contribution in [3.05, 3.63) is 70.9 Å². The van der Waals surface area contributed by atoms with Crippen molar-refractivity contribution in [3.63, 3.8) is 0 Å². The van der Waals surface area contributed by atoms with Crippen LogP contribution >= 0.6 is 0 Å². The van der Waals surface area contributed by atoms with Crippen LogP contribution in [-0.4, -0.2) is 26.1 Å². The molecule has 0 saturated heterocycles. The summed E-state index contributed by atoms with van der Waals surface area (Å²) in [6.45, 7) is 1.73. The van der Waals surface area contributed by atoms with Crippen molar-refractivity contribution >= 4 is 5.97 Å². The summed E-state index contributed by atoms with van der Waals surface area (Å²) < 4.78 is 28.5. The number of benzene rings is 2. The smallest absolute Gasteiger partial charge is 0.358 e. The zero-order valence-corrected chi connectivity index (χ0v) is 12.7. The third-order valence-corrected chi connectivity index (χ3v) is 3.56. The Morgan fingerprint density at radius 2 is 2.00 bits per heavy atom. The summed E-state index contributed by atoms with van der Waals surface area (Å²) >= 11 is 0. The molecule has 0 bridgehead atoms. The van der Waals surface area contributed by atoms with Crippen LogP contribution in [0.15, 0.2) is 42.5 Å². The van der Waals surface area contributed by atoms with E-state index in [1.165, 1.54) is 4.68 Å². The molecule has 1 N–H and O–H groups in total. The summed E-state index contributed by atoms with van der Waals surface area (Å²) in [7, 11) is 0. The molecule has 0 aliphatic heterocycles. The van der Waals surface area contributed by atoms with E-state index in [4.69, 9.17) is 0 Å². The third-order valence-electron chi connectivity index (χ3n) is 3.56. The predicted molar refractivity (Wildman–Crippen MR) is 82.6 cm³/mol. The molecule has 0 aliphatic carbocycles. The van der Waals surface area contributed by atoms with Gasteiger partial charge in [-0.2, -0.15) is 0 Å². The second-order valence-corrected chi connectivity index (χ2v) is 5.35. The first-order valence-electron chi connectivity index (χ1n) is 7.13. The zero-order valence-electron chi connectivity index (χ0n) is 12.7. The fraction of sp³-hybridized carbons (Fsp3) is 0.118. The number of hydrogen-bond donors (Lipinski definition) is 1. The molecule has 2 aromatic carbocycles. The number of carbonyl (C=O) groups is 1. The molecule has 122 valence electrons. The van der Waals surface area contributed by atoms with Crippen molar-refractivity contribution in [1.82, 2.24) is 15.0 Å². The Morgan fingerprint density at radius 1 is 1.21 bits per heavy atom. The minimum Gasteiger partial charge on any atom is -0.476 e. The highest BCUT2D eigenvalue weighted by Gasteiger charge is 2.21. The second-order valence-electron chi connectivity index (χ2n) is 5.35. The van der Waals surface area contributed by atoms with E-state index < -0.39 is 17.6 Å². The van der Waals surface area contributed by atoms with Crippen molar-refractivity contribution in [2.24, 2.45) is 0 Å². The monoisotopic (exact) mass is 329 g/mol. The van der Waals surface area contributed by atoms with Crippen molar-refractivity contribution in [2.75, 3.05) is 0 Å². The van der Waals surface area contributed by atoms with Crippen LogP contribution in [0.25, 0.3) is 11.3 Å². The van der Waals surface area contributed by atoms with Crippen molar-refractivity contribution in [3.8, 4) is 11.3 Å². The van der Waals surface area contributed by atoms with E-state index in [2.05, 4.69) is 10.3 Å². The largest absolute Gasteiger partial charge is 0.476 e. The van der Waals surface area contributed by atoms with Gasteiger partial charge in [0.2, 0.25) is 0 Å². The van der Waals surface area contributed by atoms with Gasteiger partial charge < -0.3 is 5.11 Å². The van der Waals surface area contributed by atoms with Gasteiger partial charge in [0.1, 0.15) is 17.3 Å². The van der Waals surface area contributed by atoms with Crippen LogP contribution in [0.5, 0.6) is 0 Å². The van der Waals surface area contributed by atoms with Crippen molar-refractivity contribution < 1.29 is 18.7 Å². The van der Waals surface area contributed by atoms with Crippen LogP contribution in [0.3, 0.4) is 0 Å². The standard InChI is InChI=1S/C17H13F2N3O2/c1-10-3-2-4-11(7-10)16-15(17(23)24)20-21-22(16)9-12-8-13(18)5-6-14(12)19/h2-8H,9H2,1H3,(H,23,24). The fourth-order valence-electron chi connectivity index (χ4n) is 2.47. The van der Waals surface area contributed by atoms with E-state index >= 15 is 0 Å². The van der Waals surface area contributed by atoms with E-state index in [0.29, 0.717) is 5.56 Å². The van der Waals surface area contributed by atoms with Crippen LogP contribution in [0, 0.1) is 18.6 Å². The Morgan fingerprint density at radius 3 is 2.71 bits per heavy atom. The van der Waals surface area contributed by atoms with Crippen LogP contribution < -0.4 is 0 Å². The molecule has 1 aromatic heterocycles. The van der Waals surface area contributed by atoms with Gasteiger partial charge in [-0.15, -0.1) is 5.10 Å². The van der Waals surface area contributed by atoms with Crippen molar-refractivity contribution in [2.45, 2.75) is 13.5 Å². The van der Waals surface area contributed by atoms with Gasteiger partial charge in [0, 0.05) is 11.1 Å². The summed E-state index contributed by atoms with van der Waals surface area (Å²) in [5, 5.41) is 16.8. The summed E-state index contributed by atoms with van der Waals surface area (Å²) in [5.41, 5.74) is 1.58. The minimum absolute atomic E-state index is 0.0609. The number of halogens is 2. The Kier molecular flexibility index (Phi) is 4.07. The molecule has 5 nitrogen and oxygen atoms in total. The first-order chi connectivity index (χ1) is 11.5. The van der Waals surface area contributed by atoms with E-state index in [0.717, 1.165) is 23.8 Å². The van der Waals surface area contributed by atoms with E-state index in [9.17, 15) is 18.7 Å². The van der Waals surface area contributed by atoms with Crippen LogP contribution in [0.1, 0.15) is 21.6 Å². The highest BCUT2D eigenvalue weighted by molar-refractivity contribution is 5.92. The predicted octanol–water partition coefficient (Wildman–Crippen LogP) is 3.28. The number of aryl methyl sites for hydroxylation is 1. The Balaban J connectivity index is 2.12. The van der Waals surface area contributed by atoms with Crippen molar-refractivity contribution in [1.29, 1.82) is 0 Å². The summed E-state index contributed by atoms with van der Waals surface area (Å²) in [6, 6.07) is 10.2. The molecule has 0 amide bonds. The van der Waals surface area contributed by atoms with Gasteiger partial charge in [-0.3, -0.25) is 0 Å². The Labute approximate surface area is 136 Å². The molecule has 3 rings (SSSR count). The van der Waals surface area contributed by atoms with Gasteiger partial charge in [-0.1, -0.05) is 29.0 Å². The van der Waals surface area contributed by atoms with Gasteiger partial charge in [-0.05, 0) is 31.2 Å². The molecule has 0 unspecified atom stereocenters. The fourth-order valence-corrected chi connectivity index (χ4v) is 2.47. The maximum absolute atomic E-state index is 13.9. The summed E-state index contributed by atoms with van der Waals surface area (Å²) in [4.78, 5) is 11.4. The lowest BCUT2D eigenvalue weighted by molar-refractivity contribution is 0.0691. The van der Waals surface area contributed by atoms with Gasteiger partial charge in [0.25, 0.3) is 0 Å². The van der Waals surface area contributed by atoms with Gasteiger partial charge in [0.05, 0.1) is 6.54 Å². The maximum Gasteiger partial charge on any atom is 0.358 e. The molecule has 0 atom stereocenters. The molecular weight excluding hydrogens is 316 g/mol. The minimum atomic E-state index is -1.24. The molecule has 0 aliphatic rings. The quantitative estimate of drug-likeness (QED) is 0.797. The number of carboxylic acids is 1. The van der Waals surface area contributed by atoms with E-state index in [-0.39, 0.29) is 23.5 Å². The summed E-state index contributed by atoms with van der Waals surface area (Å²) in [5.74, 6) is -2.42. The lowest BCUT2D eigenvalue weighted by Crippen LogP contribution is -2.08. The number of aromatic nitrogens is 3. The van der Waals surface area contributed by atoms with Gasteiger partial charge >= 0.3 is 5.97 Å². The van der Waals surface area contributed by atoms with E-state index in [1.807, 2.05) is 13.0 Å². The normalized spacial score (nSPS) is 10.8. The third kappa shape index (κ3) is 3.01. The van der Waals surface area contributed by atoms with E-state index in [1.54, 1.807) is 18.2 Å². The first-order valence-corrected chi connectivity index (χ1v) is 7.13. The molecule has 0 spiro atoms. The lowest BCUT2D eigenvalue weighted by Gasteiger charge is -2.09. The van der Waals surface area contributed by atoms with Gasteiger partial charge in [0.15, 0.2) is 5.69 Å². The number of hydrogen-bond acceptors (Lipinski definition) is 3. The molecule has 1 heterocycles. The molecule has 3 aromatic rings.